The fraction of sp³-hybridized carbons (Fsp3) is 0.462. The Hall–Kier alpha value is -2.11. The van der Waals surface area contributed by atoms with Crippen molar-refractivity contribution in [3.63, 3.8) is 0 Å². The number of aromatic nitrogens is 2. The molecular formula is C13H17N3O3. The average molecular weight is 263 g/mol. The number of anilines is 1. The molecular weight excluding hydrogens is 246 g/mol. The van der Waals surface area contributed by atoms with Gasteiger partial charge in [0.15, 0.2) is 0 Å². The third-order valence-electron chi connectivity index (χ3n) is 3.58. The molecule has 0 radical (unpaired) electrons. The van der Waals surface area contributed by atoms with Crippen molar-refractivity contribution in [3.8, 4) is 0 Å². The molecule has 0 unspecified atom stereocenters. The number of nitrogens with one attached hydrogen (secondary N) is 1. The summed E-state index contributed by atoms with van der Waals surface area (Å²) in [6.45, 7) is 1.85. The molecule has 1 heterocycles. The lowest BCUT2D eigenvalue weighted by atomic mass is 9.82. The van der Waals surface area contributed by atoms with Crippen molar-refractivity contribution in [1.82, 2.24) is 9.78 Å². The van der Waals surface area contributed by atoms with Crippen molar-refractivity contribution in [3.05, 3.63) is 24.0 Å². The highest BCUT2D eigenvalue weighted by molar-refractivity contribution is 5.95. The van der Waals surface area contributed by atoms with E-state index in [1.54, 1.807) is 17.9 Å². The largest absolute Gasteiger partial charge is 0.481 e. The number of aryl methyl sites for hydroxylation is 1. The highest BCUT2D eigenvalue weighted by atomic mass is 16.4. The summed E-state index contributed by atoms with van der Waals surface area (Å²) in [5, 5.41) is 16.0. The molecule has 0 saturated heterocycles. The maximum atomic E-state index is 12.2. The van der Waals surface area contributed by atoms with Gasteiger partial charge in [-0.2, -0.15) is 5.10 Å². The molecule has 2 rings (SSSR count). The number of carboxylic acid groups (broad SMARTS) is 1. The monoisotopic (exact) mass is 263 g/mol. The topological polar surface area (TPSA) is 84.2 Å². The van der Waals surface area contributed by atoms with Gasteiger partial charge in [-0.25, -0.2) is 0 Å². The van der Waals surface area contributed by atoms with E-state index in [2.05, 4.69) is 10.4 Å². The highest BCUT2D eigenvalue weighted by Gasteiger charge is 2.34. The molecule has 2 atom stereocenters. The zero-order chi connectivity index (χ0) is 14.0. The second-order valence-corrected chi connectivity index (χ2v) is 4.75. The molecule has 102 valence electrons. The van der Waals surface area contributed by atoms with Crippen molar-refractivity contribution in [1.29, 1.82) is 0 Å². The lowest BCUT2D eigenvalue weighted by molar-refractivity contribution is -0.146. The number of nitrogens with zero attached hydrogens (tertiary/aromatic N) is 2. The first-order valence-corrected chi connectivity index (χ1v) is 6.18. The Morgan fingerprint density at radius 1 is 1.37 bits per heavy atom. The maximum absolute atomic E-state index is 12.2. The van der Waals surface area contributed by atoms with E-state index >= 15 is 0 Å². The molecule has 6 nitrogen and oxygen atoms in total. The first-order valence-electron chi connectivity index (χ1n) is 6.18. The molecule has 1 amide bonds. The van der Waals surface area contributed by atoms with Crippen LogP contribution >= 0.6 is 0 Å². The molecule has 1 aromatic rings. The molecule has 0 fully saturated rings. The van der Waals surface area contributed by atoms with Gasteiger partial charge in [-0.1, -0.05) is 12.2 Å². The molecule has 6 heteroatoms. The van der Waals surface area contributed by atoms with Crippen LogP contribution in [-0.2, 0) is 16.6 Å². The second-order valence-electron chi connectivity index (χ2n) is 4.75. The van der Waals surface area contributed by atoms with Crippen LogP contribution in [0, 0.1) is 18.8 Å². The van der Waals surface area contributed by atoms with Gasteiger partial charge < -0.3 is 10.4 Å². The van der Waals surface area contributed by atoms with Crippen LogP contribution in [0.1, 0.15) is 18.5 Å². The van der Waals surface area contributed by atoms with E-state index in [0.717, 1.165) is 5.69 Å². The summed E-state index contributed by atoms with van der Waals surface area (Å²) in [7, 11) is 1.79. The number of aliphatic carboxylic acids is 1. The number of rotatable bonds is 3. The summed E-state index contributed by atoms with van der Waals surface area (Å²) >= 11 is 0. The van der Waals surface area contributed by atoms with Gasteiger partial charge in [0.25, 0.3) is 0 Å². The summed E-state index contributed by atoms with van der Waals surface area (Å²) in [5.41, 5.74) is 1.47. The molecule has 1 aromatic heterocycles. The van der Waals surface area contributed by atoms with E-state index in [-0.39, 0.29) is 5.91 Å². The second kappa shape index (κ2) is 5.26. The van der Waals surface area contributed by atoms with Crippen LogP contribution in [0.2, 0.25) is 0 Å². The van der Waals surface area contributed by atoms with Crippen LogP contribution in [-0.4, -0.2) is 26.8 Å². The Labute approximate surface area is 111 Å². The molecule has 2 N–H and O–H groups in total. The third kappa shape index (κ3) is 2.67. The van der Waals surface area contributed by atoms with Crippen LogP contribution in [0.15, 0.2) is 18.3 Å². The number of hydrogen-bond donors (Lipinski definition) is 2. The van der Waals surface area contributed by atoms with Crippen LogP contribution in [0.5, 0.6) is 0 Å². The van der Waals surface area contributed by atoms with E-state index < -0.39 is 17.8 Å². The predicted octanol–water partition coefficient (Wildman–Crippen LogP) is 1.33. The van der Waals surface area contributed by atoms with Gasteiger partial charge in [0.05, 0.1) is 29.4 Å². The number of allylic oxidation sites excluding steroid dienone is 2. The fourth-order valence-corrected chi connectivity index (χ4v) is 2.22. The van der Waals surface area contributed by atoms with Crippen molar-refractivity contribution >= 4 is 17.6 Å². The fourth-order valence-electron chi connectivity index (χ4n) is 2.22. The Morgan fingerprint density at radius 3 is 2.53 bits per heavy atom. The van der Waals surface area contributed by atoms with Gasteiger partial charge in [-0.05, 0) is 19.8 Å². The highest BCUT2D eigenvalue weighted by Crippen LogP contribution is 2.27. The van der Waals surface area contributed by atoms with Crippen molar-refractivity contribution < 1.29 is 14.7 Å². The van der Waals surface area contributed by atoms with Gasteiger partial charge in [0.2, 0.25) is 5.91 Å². The smallest absolute Gasteiger partial charge is 0.307 e. The molecule has 1 aliphatic carbocycles. The Balaban J connectivity index is 2.12. The summed E-state index contributed by atoms with van der Waals surface area (Å²) in [6, 6.07) is 0. The number of carboxylic acids is 1. The van der Waals surface area contributed by atoms with Gasteiger partial charge in [-0.3, -0.25) is 14.3 Å². The van der Waals surface area contributed by atoms with E-state index in [9.17, 15) is 9.59 Å². The normalized spacial score (nSPS) is 22.2. The molecule has 0 saturated carbocycles. The standard InChI is InChI=1S/C13H17N3O3/c1-8-11(7-14-16(8)2)15-12(17)9-5-3-4-6-10(9)13(18)19/h3-4,7,9-10H,5-6H2,1-2H3,(H,15,17)(H,18,19)/t9-,10-/m0/s1. The van der Waals surface area contributed by atoms with Gasteiger partial charge in [0, 0.05) is 7.05 Å². The number of carbonyl (C=O) groups is 2. The molecule has 0 aromatic carbocycles. The Morgan fingerprint density at radius 2 is 2.00 bits per heavy atom. The van der Waals surface area contributed by atoms with E-state index in [1.807, 2.05) is 19.1 Å². The zero-order valence-electron chi connectivity index (χ0n) is 11.0. The summed E-state index contributed by atoms with van der Waals surface area (Å²) in [6.07, 6.45) is 6.11. The first kappa shape index (κ1) is 13.3. The van der Waals surface area contributed by atoms with Crippen molar-refractivity contribution in [2.75, 3.05) is 5.32 Å². The third-order valence-corrected chi connectivity index (χ3v) is 3.58. The molecule has 0 aliphatic heterocycles. The lowest BCUT2D eigenvalue weighted by Gasteiger charge is -2.24. The van der Waals surface area contributed by atoms with Gasteiger partial charge in [-0.15, -0.1) is 0 Å². The lowest BCUT2D eigenvalue weighted by Crippen LogP contribution is -2.34. The van der Waals surface area contributed by atoms with E-state index in [4.69, 9.17) is 5.11 Å². The maximum Gasteiger partial charge on any atom is 0.307 e. The summed E-state index contributed by atoms with van der Waals surface area (Å²) in [4.78, 5) is 23.4. The van der Waals surface area contributed by atoms with Crippen molar-refractivity contribution in [2.24, 2.45) is 18.9 Å². The molecule has 0 spiro atoms. The van der Waals surface area contributed by atoms with Gasteiger partial charge in [0.1, 0.15) is 0 Å². The van der Waals surface area contributed by atoms with E-state index in [0.29, 0.717) is 18.5 Å². The molecule has 19 heavy (non-hydrogen) atoms. The minimum atomic E-state index is -0.924. The average Bonchev–Trinajstić information content (AvgIpc) is 2.70. The van der Waals surface area contributed by atoms with Crippen LogP contribution in [0.25, 0.3) is 0 Å². The minimum Gasteiger partial charge on any atom is -0.481 e. The quantitative estimate of drug-likeness (QED) is 0.806. The molecule has 1 aliphatic rings. The zero-order valence-corrected chi connectivity index (χ0v) is 11.0. The Kier molecular flexibility index (Phi) is 3.69. The van der Waals surface area contributed by atoms with Crippen LogP contribution in [0.3, 0.4) is 0 Å². The first-order chi connectivity index (χ1) is 9.00. The number of hydrogen-bond acceptors (Lipinski definition) is 3. The molecule has 0 bridgehead atoms. The summed E-state index contributed by atoms with van der Waals surface area (Å²) in [5.74, 6) is -2.36. The van der Waals surface area contributed by atoms with Crippen molar-refractivity contribution in [2.45, 2.75) is 19.8 Å². The predicted molar refractivity (Wildman–Crippen MR) is 69.6 cm³/mol. The van der Waals surface area contributed by atoms with Gasteiger partial charge >= 0.3 is 5.97 Å². The van der Waals surface area contributed by atoms with E-state index in [1.165, 1.54) is 0 Å². The number of amides is 1. The van der Waals surface area contributed by atoms with Crippen LogP contribution < -0.4 is 5.32 Å². The van der Waals surface area contributed by atoms with Crippen LogP contribution in [0.4, 0.5) is 5.69 Å². The SMILES string of the molecule is Cc1c(NC(=O)[C@H]2CC=CC[C@@H]2C(=O)O)cnn1C. The number of carbonyl (C=O) groups excluding carboxylic acids is 1. The Bertz CT molecular complexity index is 533. The summed E-state index contributed by atoms with van der Waals surface area (Å²) < 4.78 is 1.66. The minimum absolute atomic E-state index is 0.257.